The Bertz CT molecular complexity index is 815. The highest BCUT2D eigenvalue weighted by Gasteiger charge is 2.18. The maximum atomic E-state index is 11.4. The number of carbonyl (C=O) groups is 1. The third kappa shape index (κ3) is 1.71. The van der Waals surface area contributed by atoms with E-state index in [9.17, 15) is 9.90 Å². The Morgan fingerprint density at radius 3 is 2.45 bits per heavy atom. The fourth-order valence-corrected chi connectivity index (χ4v) is 2.75. The number of carboxylic acid groups (broad SMARTS) is 1. The van der Waals surface area contributed by atoms with Gasteiger partial charge in [-0.3, -0.25) is 0 Å². The van der Waals surface area contributed by atoms with E-state index in [4.69, 9.17) is 0 Å². The topological polar surface area (TPSA) is 42.2 Å². The number of fused-ring (bicyclic) bond motifs is 1. The van der Waals surface area contributed by atoms with E-state index in [2.05, 4.69) is 10.6 Å². The summed E-state index contributed by atoms with van der Waals surface area (Å²) in [5.41, 5.74) is 4.29. The Balaban J connectivity index is 2.42. The molecule has 1 aromatic heterocycles. The maximum Gasteiger partial charge on any atom is 0.336 e. The van der Waals surface area contributed by atoms with Gasteiger partial charge in [-0.1, -0.05) is 36.4 Å². The van der Waals surface area contributed by atoms with E-state index in [1.807, 2.05) is 44.3 Å². The average Bonchev–Trinajstić information content (AvgIpc) is 2.71. The first-order chi connectivity index (χ1) is 9.61. The van der Waals surface area contributed by atoms with E-state index in [1.54, 1.807) is 12.1 Å². The molecule has 1 N–H and O–H groups in total. The summed E-state index contributed by atoms with van der Waals surface area (Å²) in [7, 11) is 2.00. The predicted octanol–water partition coefficient (Wildman–Crippen LogP) is 3.85. The van der Waals surface area contributed by atoms with Crippen LogP contribution in [0.15, 0.2) is 48.5 Å². The second kappa shape index (κ2) is 4.53. The van der Waals surface area contributed by atoms with Crippen molar-refractivity contribution < 1.29 is 9.90 Å². The van der Waals surface area contributed by atoms with Crippen LogP contribution >= 0.6 is 0 Å². The number of rotatable bonds is 2. The number of nitrogens with zero attached hydrogens (tertiary/aromatic N) is 1. The quantitative estimate of drug-likeness (QED) is 0.764. The van der Waals surface area contributed by atoms with E-state index in [0.717, 1.165) is 27.7 Å². The fraction of sp³-hybridized carbons (Fsp3) is 0.118. The predicted molar refractivity (Wildman–Crippen MR) is 80.1 cm³/mol. The normalized spacial score (nSPS) is 10.9. The molecule has 0 radical (unpaired) electrons. The van der Waals surface area contributed by atoms with Crippen molar-refractivity contribution in [2.45, 2.75) is 6.92 Å². The molecule has 0 aliphatic carbocycles. The minimum atomic E-state index is -0.895. The zero-order valence-electron chi connectivity index (χ0n) is 11.4. The van der Waals surface area contributed by atoms with Crippen LogP contribution in [0.1, 0.15) is 16.1 Å². The number of aromatic carboxylic acids is 1. The van der Waals surface area contributed by atoms with Crippen LogP contribution in [0.4, 0.5) is 0 Å². The molecular weight excluding hydrogens is 250 g/mol. The van der Waals surface area contributed by atoms with E-state index in [1.165, 1.54) is 0 Å². The molecular formula is C17H15NO2. The van der Waals surface area contributed by atoms with Crippen molar-refractivity contribution in [3.63, 3.8) is 0 Å². The molecule has 0 fully saturated rings. The zero-order valence-corrected chi connectivity index (χ0v) is 11.4. The molecule has 0 unspecified atom stereocenters. The molecule has 1 heterocycles. The standard InChI is InChI=1S/C17H15NO2/c1-11-16(12-7-3-4-8-13(12)17(19)20)14-9-5-6-10-15(14)18(11)2/h3-10H,1-2H3,(H,19,20). The van der Waals surface area contributed by atoms with Gasteiger partial charge in [-0.15, -0.1) is 0 Å². The van der Waals surface area contributed by atoms with Gasteiger partial charge >= 0.3 is 5.97 Å². The van der Waals surface area contributed by atoms with Crippen LogP contribution in [-0.2, 0) is 7.05 Å². The summed E-state index contributed by atoms with van der Waals surface area (Å²) in [5.74, 6) is -0.895. The summed E-state index contributed by atoms with van der Waals surface area (Å²) in [5, 5.41) is 10.5. The molecule has 0 aliphatic heterocycles. The van der Waals surface area contributed by atoms with E-state index < -0.39 is 5.97 Å². The SMILES string of the molecule is Cc1c(-c2ccccc2C(=O)O)c2ccccc2n1C. The number of hydrogen-bond acceptors (Lipinski definition) is 1. The molecule has 3 nitrogen and oxygen atoms in total. The second-order valence-corrected chi connectivity index (χ2v) is 4.89. The highest BCUT2D eigenvalue weighted by molar-refractivity contribution is 6.04. The van der Waals surface area contributed by atoms with Crippen LogP contribution < -0.4 is 0 Å². The van der Waals surface area contributed by atoms with Crippen molar-refractivity contribution in [2.75, 3.05) is 0 Å². The largest absolute Gasteiger partial charge is 0.478 e. The summed E-state index contributed by atoms with van der Waals surface area (Å²) in [4.78, 5) is 11.4. The monoisotopic (exact) mass is 265 g/mol. The van der Waals surface area contributed by atoms with Crippen molar-refractivity contribution >= 4 is 16.9 Å². The van der Waals surface area contributed by atoms with Crippen LogP contribution in [0.5, 0.6) is 0 Å². The lowest BCUT2D eigenvalue weighted by molar-refractivity contribution is 0.0698. The Morgan fingerprint density at radius 2 is 1.70 bits per heavy atom. The van der Waals surface area contributed by atoms with E-state index in [-0.39, 0.29) is 0 Å². The molecule has 20 heavy (non-hydrogen) atoms. The first kappa shape index (κ1) is 12.5. The number of hydrogen-bond donors (Lipinski definition) is 1. The van der Waals surface area contributed by atoms with Gasteiger partial charge in [0.05, 0.1) is 5.56 Å². The number of aromatic nitrogens is 1. The lowest BCUT2D eigenvalue weighted by Gasteiger charge is -2.07. The minimum Gasteiger partial charge on any atom is -0.478 e. The van der Waals surface area contributed by atoms with Crippen LogP contribution in [-0.4, -0.2) is 15.6 Å². The van der Waals surface area contributed by atoms with Crippen molar-refractivity contribution in [1.29, 1.82) is 0 Å². The van der Waals surface area contributed by atoms with Gasteiger partial charge in [-0.05, 0) is 24.6 Å². The second-order valence-electron chi connectivity index (χ2n) is 4.89. The van der Waals surface area contributed by atoms with Crippen molar-refractivity contribution in [3.8, 4) is 11.1 Å². The number of carboxylic acids is 1. The van der Waals surface area contributed by atoms with E-state index in [0.29, 0.717) is 5.56 Å². The molecule has 2 aromatic carbocycles. The van der Waals surface area contributed by atoms with Crippen LogP contribution in [0.25, 0.3) is 22.0 Å². The lowest BCUT2D eigenvalue weighted by atomic mass is 9.97. The van der Waals surface area contributed by atoms with Gasteiger partial charge in [-0.25, -0.2) is 4.79 Å². The Morgan fingerprint density at radius 1 is 1.05 bits per heavy atom. The van der Waals surface area contributed by atoms with Gasteiger partial charge in [0.25, 0.3) is 0 Å². The van der Waals surface area contributed by atoms with Gasteiger partial charge in [0, 0.05) is 29.2 Å². The molecule has 0 bridgehead atoms. The summed E-state index contributed by atoms with van der Waals surface area (Å²) in [6, 6.07) is 15.2. The molecule has 0 aliphatic rings. The fourth-order valence-electron chi connectivity index (χ4n) is 2.75. The van der Waals surface area contributed by atoms with Gasteiger partial charge in [-0.2, -0.15) is 0 Å². The molecule has 0 atom stereocenters. The summed E-state index contributed by atoms with van der Waals surface area (Å²) in [6.07, 6.45) is 0. The molecule has 0 saturated carbocycles. The van der Waals surface area contributed by atoms with Gasteiger partial charge in [0.15, 0.2) is 0 Å². The highest BCUT2D eigenvalue weighted by Crippen LogP contribution is 2.35. The summed E-state index contributed by atoms with van der Waals surface area (Å²) < 4.78 is 2.10. The Hall–Kier alpha value is -2.55. The molecule has 0 amide bonds. The molecule has 0 spiro atoms. The van der Waals surface area contributed by atoms with Gasteiger partial charge in [0.2, 0.25) is 0 Å². The first-order valence-electron chi connectivity index (χ1n) is 6.48. The Kier molecular flexibility index (Phi) is 2.83. The van der Waals surface area contributed by atoms with Crippen molar-refractivity contribution in [3.05, 3.63) is 59.8 Å². The van der Waals surface area contributed by atoms with Crippen LogP contribution in [0.2, 0.25) is 0 Å². The minimum absolute atomic E-state index is 0.340. The maximum absolute atomic E-state index is 11.4. The van der Waals surface area contributed by atoms with Gasteiger partial charge < -0.3 is 9.67 Å². The smallest absolute Gasteiger partial charge is 0.336 e. The molecule has 3 aromatic rings. The summed E-state index contributed by atoms with van der Waals surface area (Å²) in [6.45, 7) is 2.02. The number of para-hydroxylation sites is 1. The molecule has 100 valence electrons. The third-order valence-corrected chi connectivity index (χ3v) is 3.83. The van der Waals surface area contributed by atoms with Crippen molar-refractivity contribution in [2.24, 2.45) is 7.05 Å². The Labute approximate surface area is 117 Å². The van der Waals surface area contributed by atoms with E-state index >= 15 is 0 Å². The molecule has 3 rings (SSSR count). The van der Waals surface area contributed by atoms with Crippen LogP contribution in [0.3, 0.4) is 0 Å². The highest BCUT2D eigenvalue weighted by atomic mass is 16.4. The lowest BCUT2D eigenvalue weighted by Crippen LogP contribution is -2.00. The van der Waals surface area contributed by atoms with Crippen LogP contribution in [0, 0.1) is 6.92 Å². The summed E-state index contributed by atoms with van der Waals surface area (Å²) >= 11 is 0. The average molecular weight is 265 g/mol. The molecule has 0 saturated heterocycles. The molecule has 3 heteroatoms. The van der Waals surface area contributed by atoms with Crippen molar-refractivity contribution in [1.82, 2.24) is 4.57 Å². The number of benzene rings is 2. The van der Waals surface area contributed by atoms with Gasteiger partial charge in [0.1, 0.15) is 0 Å². The third-order valence-electron chi connectivity index (χ3n) is 3.83. The number of aryl methyl sites for hydroxylation is 1. The first-order valence-corrected chi connectivity index (χ1v) is 6.48. The zero-order chi connectivity index (χ0) is 14.3.